The molecule has 0 aromatic heterocycles. The van der Waals surface area contributed by atoms with Crippen LogP contribution >= 0.6 is 11.6 Å². The van der Waals surface area contributed by atoms with Crippen LogP contribution in [0, 0.1) is 0 Å². The topological polar surface area (TPSA) is 87.2 Å². The largest absolute Gasteiger partial charge is 0.418 e. The molecule has 1 N–H and O–H groups in total. The summed E-state index contributed by atoms with van der Waals surface area (Å²) in [6.45, 7) is 0.381. The first-order chi connectivity index (χ1) is 7.42. The fraction of sp³-hybridized carbons (Fsp3) is 0.857. The third kappa shape index (κ3) is 2.10. The molecule has 0 aromatic rings. The van der Waals surface area contributed by atoms with E-state index in [1.165, 1.54) is 4.90 Å². The van der Waals surface area contributed by atoms with Crippen molar-refractivity contribution in [2.24, 2.45) is 0 Å². The maximum Gasteiger partial charge on any atom is 0.418 e. The zero-order valence-electron chi connectivity index (χ0n) is 8.24. The highest BCUT2D eigenvalue weighted by Gasteiger charge is 2.46. The second-order valence-electron chi connectivity index (χ2n) is 3.80. The van der Waals surface area contributed by atoms with Gasteiger partial charge < -0.3 is 4.90 Å². The zero-order chi connectivity index (χ0) is 11.9. The molecular formula is C7H11ClN2O5S. The van der Waals surface area contributed by atoms with E-state index >= 15 is 0 Å². The maximum atomic E-state index is 11.7. The van der Waals surface area contributed by atoms with Gasteiger partial charge in [0.1, 0.15) is 0 Å². The minimum absolute atomic E-state index is 0.0968. The lowest BCUT2D eigenvalue weighted by Gasteiger charge is -2.28. The molecule has 16 heavy (non-hydrogen) atoms. The number of piperidine rings is 1. The molecule has 2 amide bonds. The van der Waals surface area contributed by atoms with E-state index in [4.69, 9.17) is 16.2 Å². The van der Waals surface area contributed by atoms with Gasteiger partial charge >= 0.3 is 16.4 Å². The minimum Gasteiger partial charge on any atom is -0.316 e. The number of carbonyl (C=O) groups excluding carboxylic acids is 1. The number of amides is 2. The Morgan fingerprint density at radius 3 is 2.75 bits per heavy atom. The lowest BCUT2D eigenvalue weighted by Crippen LogP contribution is -2.41. The SMILES string of the molecule is O=C1N2C[C@@H](CC[C@H]2CCl)N1OS(=O)(=O)O. The number of rotatable bonds is 3. The summed E-state index contributed by atoms with van der Waals surface area (Å²) in [5, 5.41) is 0.710. The zero-order valence-corrected chi connectivity index (χ0v) is 9.82. The Morgan fingerprint density at radius 1 is 1.50 bits per heavy atom. The molecule has 7 nitrogen and oxygen atoms in total. The van der Waals surface area contributed by atoms with Crippen LogP contribution < -0.4 is 0 Å². The van der Waals surface area contributed by atoms with Crippen molar-refractivity contribution in [3.63, 3.8) is 0 Å². The summed E-state index contributed by atoms with van der Waals surface area (Å²) in [4.78, 5) is 13.2. The minimum atomic E-state index is -4.66. The van der Waals surface area contributed by atoms with Gasteiger partial charge in [-0.3, -0.25) is 4.55 Å². The maximum absolute atomic E-state index is 11.7. The molecule has 0 unspecified atom stereocenters. The van der Waals surface area contributed by atoms with Gasteiger partial charge in [0, 0.05) is 18.5 Å². The number of urea groups is 1. The molecule has 2 bridgehead atoms. The van der Waals surface area contributed by atoms with Crippen LogP contribution in [0.15, 0.2) is 0 Å². The van der Waals surface area contributed by atoms with Crippen molar-refractivity contribution >= 4 is 28.0 Å². The van der Waals surface area contributed by atoms with Crippen LogP contribution in [0.4, 0.5) is 4.79 Å². The molecule has 92 valence electrons. The third-order valence-corrected chi connectivity index (χ3v) is 3.51. The van der Waals surface area contributed by atoms with Crippen molar-refractivity contribution in [1.29, 1.82) is 0 Å². The number of hydrogen-bond donors (Lipinski definition) is 1. The molecule has 2 fully saturated rings. The molecule has 9 heteroatoms. The third-order valence-electron chi connectivity index (χ3n) is 2.80. The van der Waals surface area contributed by atoms with Crippen molar-refractivity contribution in [2.75, 3.05) is 12.4 Å². The van der Waals surface area contributed by atoms with E-state index < -0.39 is 16.4 Å². The van der Waals surface area contributed by atoms with Crippen LogP contribution in [0.3, 0.4) is 0 Å². The van der Waals surface area contributed by atoms with Gasteiger partial charge in [-0.15, -0.1) is 15.9 Å². The fourth-order valence-corrected chi connectivity index (χ4v) is 2.78. The summed E-state index contributed by atoms with van der Waals surface area (Å²) in [6.07, 6.45) is 1.31. The van der Waals surface area contributed by atoms with Crippen molar-refractivity contribution in [3.8, 4) is 0 Å². The quantitative estimate of drug-likeness (QED) is 0.586. The summed E-state index contributed by atoms with van der Waals surface area (Å²) in [6, 6.07) is -1.000. The van der Waals surface area contributed by atoms with Crippen molar-refractivity contribution in [2.45, 2.75) is 24.9 Å². The molecule has 2 aliphatic rings. The molecule has 2 atom stereocenters. The standard InChI is InChI=1S/C7H11ClN2O5S/c8-3-5-1-2-6-4-9(5)7(11)10(6)15-16(12,13)14/h5-6H,1-4H2,(H,12,13,14)/t5-,6+/m0/s1. The highest BCUT2D eigenvalue weighted by atomic mass is 35.5. The van der Waals surface area contributed by atoms with E-state index in [0.29, 0.717) is 30.3 Å². The van der Waals surface area contributed by atoms with Gasteiger partial charge in [0.2, 0.25) is 0 Å². The number of nitrogens with zero attached hydrogens (tertiary/aromatic N) is 2. The Morgan fingerprint density at radius 2 is 2.19 bits per heavy atom. The van der Waals surface area contributed by atoms with Crippen LogP contribution in [0.2, 0.25) is 0 Å². The molecule has 2 heterocycles. The first-order valence-electron chi connectivity index (χ1n) is 4.75. The van der Waals surface area contributed by atoms with Crippen molar-refractivity contribution < 1.29 is 22.0 Å². The molecular weight excluding hydrogens is 260 g/mol. The predicted molar refractivity (Wildman–Crippen MR) is 54.1 cm³/mol. The fourth-order valence-electron chi connectivity index (χ4n) is 2.07. The lowest BCUT2D eigenvalue weighted by atomic mass is 10.0. The Bertz CT molecular complexity index is 400. The summed E-state index contributed by atoms with van der Waals surface area (Å²) < 4.78 is 33.9. The molecule has 0 aliphatic carbocycles. The highest BCUT2D eigenvalue weighted by Crippen LogP contribution is 2.30. The molecule has 0 saturated carbocycles. The van der Waals surface area contributed by atoms with E-state index in [9.17, 15) is 13.2 Å². The first kappa shape index (κ1) is 11.9. The van der Waals surface area contributed by atoms with Gasteiger partial charge in [0.15, 0.2) is 0 Å². The highest BCUT2D eigenvalue weighted by molar-refractivity contribution is 7.80. The van der Waals surface area contributed by atoms with Gasteiger partial charge in [-0.05, 0) is 12.8 Å². The number of hydroxylamine groups is 2. The Balaban J connectivity index is 2.16. The first-order valence-corrected chi connectivity index (χ1v) is 6.65. The van der Waals surface area contributed by atoms with Gasteiger partial charge in [0.25, 0.3) is 0 Å². The Hall–Kier alpha value is -0.570. The van der Waals surface area contributed by atoms with Gasteiger partial charge in [0.05, 0.1) is 6.04 Å². The monoisotopic (exact) mass is 270 g/mol. The van der Waals surface area contributed by atoms with Gasteiger partial charge in [-0.2, -0.15) is 13.5 Å². The van der Waals surface area contributed by atoms with Gasteiger partial charge in [-0.1, -0.05) is 0 Å². The summed E-state index contributed by atoms with van der Waals surface area (Å²) >= 11 is 5.70. The molecule has 0 spiro atoms. The Labute approximate surface area is 97.8 Å². The van der Waals surface area contributed by atoms with E-state index in [-0.39, 0.29) is 12.1 Å². The second-order valence-corrected chi connectivity index (χ2v) is 5.12. The second kappa shape index (κ2) is 4.02. The number of hydrogen-bond acceptors (Lipinski definition) is 4. The smallest absolute Gasteiger partial charge is 0.316 e. The van der Waals surface area contributed by atoms with Crippen LogP contribution in [0.1, 0.15) is 12.8 Å². The predicted octanol–water partition coefficient (Wildman–Crippen LogP) is 0.228. The van der Waals surface area contributed by atoms with Crippen molar-refractivity contribution in [1.82, 2.24) is 9.96 Å². The molecule has 0 radical (unpaired) electrons. The average molecular weight is 271 g/mol. The number of alkyl halides is 1. The number of carbonyl (C=O) groups is 1. The van der Waals surface area contributed by atoms with Crippen molar-refractivity contribution in [3.05, 3.63) is 0 Å². The number of halogens is 1. The molecule has 0 aromatic carbocycles. The summed E-state index contributed by atoms with van der Waals surface area (Å²) in [7, 11) is -4.66. The van der Waals surface area contributed by atoms with Crippen LogP contribution in [0.25, 0.3) is 0 Å². The number of fused-ring (bicyclic) bond motifs is 2. The van der Waals surface area contributed by atoms with E-state index in [0.717, 1.165) is 0 Å². The molecule has 2 rings (SSSR count). The van der Waals surface area contributed by atoms with E-state index in [2.05, 4.69) is 4.28 Å². The molecule has 2 saturated heterocycles. The average Bonchev–Trinajstić information content (AvgIpc) is 2.43. The van der Waals surface area contributed by atoms with Crippen LogP contribution in [-0.4, -0.2) is 53.5 Å². The van der Waals surface area contributed by atoms with E-state index in [1.807, 2.05) is 0 Å². The van der Waals surface area contributed by atoms with Crippen LogP contribution in [0.5, 0.6) is 0 Å². The summed E-state index contributed by atoms with van der Waals surface area (Å²) in [5.74, 6) is 0.304. The van der Waals surface area contributed by atoms with Crippen LogP contribution in [-0.2, 0) is 14.7 Å². The normalized spacial score (nSPS) is 30.0. The van der Waals surface area contributed by atoms with E-state index in [1.54, 1.807) is 0 Å². The molecule has 2 aliphatic heterocycles. The van der Waals surface area contributed by atoms with Gasteiger partial charge in [-0.25, -0.2) is 4.79 Å². The lowest BCUT2D eigenvalue weighted by molar-refractivity contribution is -0.0317. The Kier molecular flexibility index (Phi) is 2.99. The summed E-state index contributed by atoms with van der Waals surface area (Å²) in [5.41, 5.74) is 0.